The van der Waals surface area contributed by atoms with E-state index in [2.05, 4.69) is 10.4 Å². The number of nitrogens with one attached hydrogen (secondary N) is 1. The lowest BCUT2D eigenvalue weighted by Crippen LogP contribution is -2.45. The molecule has 0 spiro atoms. The van der Waals surface area contributed by atoms with Crippen LogP contribution in [-0.4, -0.2) is 27.1 Å². The fourth-order valence-corrected chi connectivity index (χ4v) is 3.61. The van der Waals surface area contributed by atoms with Crippen molar-refractivity contribution in [1.29, 1.82) is 0 Å². The Kier molecular flexibility index (Phi) is 4.54. The predicted octanol–water partition coefficient (Wildman–Crippen LogP) is 3.04. The number of pyridine rings is 1. The minimum absolute atomic E-state index is 0.127. The number of hydrogen-bond donors (Lipinski definition) is 1. The number of hydrazine groups is 1. The van der Waals surface area contributed by atoms with Gasteiger partial charge in [-0.3, -0.25) is 20.0 Å². The molecule has 1 aliphatic rings. The predicted molar refractivity (Wildman–Crippen MR) is 89.8 cm³/mol. The van der Waals surface area contributed by atoms with Crippen LogP contribution in [0.25, 0.3) is 0 Å². The first-order chi connectivity index (χ1) is 11.1. The van der Waals surface area contributed by atoms with Crippen LogP contribution in [0.4, 0.5) is 0 Å². The topological polar surface area (TPSA) is 62.3 Å². The van der Waals surface area contributed by atoms with Crippen molar-refractivity contribution in [3.63, 3.8) is 0 Å². The molecular weight excluding hydrogens is 334 g/mol. The summed E-state index contributed by atoms with van der Waals surface area (Å²) in [5, 5.41) is 1.51. The molecular formula is C16H14ClN3O2S. The van der Waals surface area contributed by atoms with Gasteiger partial charge >= 0.3 is 0 Å². The molecule has 1 N–H and O–H groups in total. The highest BCUT2D eigenvalue weighted by atomic mass is 35.5. The molecule has 0 radical (unpaired) electrons. The van der Waals surface area contributed by atoms with Crippen LogP contribution in [-0.2, 0) is 4.79 Å². The molecule has 3 rings (SSSR count). The van der Waals surface area contributed by atoms with Gasteiger partial charge in [0.05, 0.1) is 5.25 Å². The Bertz CT molecular complexity index is 724. The highest BCUT2D eigenvalue weighted by molar-refractivity contribution is 8.01. The van der Waals surface area contributed by atoms with Crippen LogP contribution in [0.3, 0.4) is 0 Å². The van der Waals surface area contributed by atoms with Gasteiger partial charge in [0.2, 0.25) is 0 Å². The quantitative estimate of drug-likeness (QED) is 0.927. The van der Waals surface area contributed by atoms with Crippen molar-refractivity contribution in [2.75, 3.05) is 0 Å². The molecule has 2 amide bonds. The van der Waals surface area contributed by atoms with Gasteiger partial charge in [0, 0.05) is 23.0 Å². The van der Waals surface area contributed by atoms with E-state index in [-0.39, 0.29) is 22.4 Å². The molecule has 2 aromatic rings. The van der Waals surface area contributed by atoms with E-state index in [0.29, 0.717) is 10.6 Å². The van der Waals surface area contributed by atoms with Gasteiger partial charge in [-0.15, -0.1) is 11.8 Å². The molecule has 2 atom stereocenters. The average Bonchev–Trinajstić information content (AvgIpc) is 2.85. The van der Waals surface area contributed by atoms with Crippen LogP contribution in [0.5, 0.6) is 0 Å². The number of rotatable bonds is 3. The second-order valence-corrected chi connectivity index (χ2v) is 6.93. The molecule has 0 aliphatic carbocycles. The minimum Gasteiger partial charge on any atom is -0.272 e. The summed E-state index contributed by atoms with van der Waals surface area (Å²) >= 11 is 7.40. The van der Waals surface area contributed by atoms with Crippen LogP contribution in [0.15, 0.2) is 48.8 Å². The molecule has 7 heteroatoms. The smallest absolute Gasteiger partial charge is 0.270 e. The summed E-state index contributed by atoms with van der Waals surface area (Å²) in [5.41, 5.74) is 4.06. The van der Waals surface area contributed by atoms with Gasteiger partial charge < -0.3 is 0 Å². The first kappa shape index (κ1) is 15.8. The standard InChI is InChI=1S/C16H14ClN3O2S/c1-10-15(22)20(19-14(21)11-6-8-18-9-7-11)16(23-10)12-2-4-13(17)5-3-12/h2-10,16H,1H3,(H,19,21). The molecule has 1 aromatic carbocycles. The minimum atomic E-state index is -0.339. The zero-order valence-electron chi connectivity index (χ0n) is 12.3. The number of carbonyl (C=O) groups is 2. The largest absolute Gasteiger partial charge is 0.272 e. The molecule has 0 saturated carbocycles. The van der Waals surface area contributed by atoms with Crippen molar-refractivity contribution in [3.8, 4) is 0 Å². The second kappa shape index (κ2) is 6.60. The van der Waals surface area contributed by atoms with Gasteiger partial charge in [-0.25, -0.2) is 5.01 Å². The monoisotopic (exact) mass is 347 g/mol. The van der Waals surface area contributed by atoms with Crippen molar-refractivity contribution in [3.05, 3.63) is 64.9 Å². The summed E-state index contributed by atoms with van der Waals surface area (Å²) in [7, 11) is 0. The molecule has 1 aromatic heterocycles. The molecule has 2 heterocycles. The van der Waals surface area contributed by atoms with Crippen molar-refractivity contribution >= 4 is 35.2 Å². The first-order valence-electron chi connectivity index (χ1n) is 7.01. The van der Waals surface area contributed by atoms with E-state index in [9.17, 15) is 9.59 Å². The van der Waals surface area contributed by atoms with Gasteiger partial charge in [-0.1, -0.05) is 23.7 Å². The molecule has 1 fully saturated rings. The lowest BCUT2D eigenvalue weighted by atomic mass is 10.2. The number of hydrogen-bond acceptors (Lipinski definition) is 4. The highest BCUT2D eigenvalue weighted by Crippen LogP contribution is 2.41. The number of carbonyl (C=O) groups excluding carboxylic acids is 2. The van der Waals surface area contributed by atoms with E-state index in [1.165, 1.54) is 29.2 Å². The van der Waals surface area contributed by atoms with Crippen LogP contribution in [0.1, 0.15) is 28.2 Å². The number of halogens is 1. The second-order valence-electron chi connectivity index (χ2n) is 5.07. The Balaban J connectivity index is 1.84. The number of benzene rings is 1. The normalized spacial score (nSPS) is 20.6. The summed E-state index contributed by atoms with van der Waals surface area (Å²) in [5.74, 6) is -0.466. The summed E-state index contributed by atoms with van der Waals surface area (Å²) in [6.45, 7) is 1.83. The number of amides is 2. The lowest BCUT2D eigenvalue weighted by molar-refractivity contribution is -0.132. The van der Waals surface area contributed by atoms with Crippen molar-refractivity contribution in [2.45, 2.75) is 17.5 Å². The number of thioether (sulfide) groups is 1. The van der Waals surface area contributed by atoms with E-state index in [1.807, 2.05) is 19.1 Å². The van der Waals surface area contributed by atoms with Crippen LogP contribution in [0.2, 0.25) is 5.02 Å². The summed E-state index contributed by atoms with van der Waals surface area (Å²) in [4.78, 5) is 28.6. The zero-order chi connectivity index (χ0) is 16.4. The van der Waals surface area contributed by atoms with E-state index in [0.717, 1.165) is 5.56 Å². The number of nitrogens with zero attached hydrogens (tertiary/aromatic N) is 2. The third kappa shape index (κ3) is 3.33. The Morgan fingerprint density at radius 1 is 1.22 bits per heavy atom. The van der Waals surface area contributed by atoms with Crippen LogP contribution in [0, 0.1) is 0 Å². The molecule has 0 bridgehead atoms. The molecule has 5 nitrogen and oxygen atoms in total. The molecule has 118 valence electrons. The Hall–Kier alpha value is -2.05. The summed E-state index contributed by atoms with van der Waals surface area (Å²) in [6, 6.07) is 10.5. The molecule has 23 heavy (non-hydrogen) atoms. The maximum atomic E-state index is 12.4. The van der Waals surface area contributed by atoms with Crippen LogP contribution < -0.4 is 5.43 Å². The van der Waals surface area contributed by atoms with Gasteiger partial charge in [0.1, 0.15) is 5.37 Å². The molecule has 2 unspecified atom stereocenters. The Morgan fingerprint density at radius 3 is 2.52 bits per heavy atom. The van der Waals surface area contributed by atoms with Gasteiger partial charge in [-0.2, -0.15) is 0 Å². The molecule has 1 saturated heterocycles. The zero-order valence-corrected chi connectivity index (χ0v) is 13.8. The molecule has 1 aliphatic heterocycles. The third-order valence-corrected chi connectivity index (χ3v) is 5.08. The Morgan fingerprint density at radius 2 is 1.87 bits per heavy atom. The van der Waals surface area contributed by atoms with Gasteiger partial charge in [0.15, 0.2) is 0 Å². The van der Waals surface area contributed by atoms with Crippen molar-refractivity contribution in [2.24, 2.45) is 0 Å². The third-order valence-electron chi connectivity index (χ3n) is 3.47. The maximum Gasteiger partial charge on any atom is 0.270 e. The number of aromatic nitrogens is 1. The van der Waals surface area contributed by atoms with E-state index >= 15 is 0 Å². The first-order valence-corrected chi connectivity index (χ1v) is 8.33. The SMILES string of the molecule is CC1SC(c2ccc(Cl)cc2)N(NC(=O)c2ccncc2)C1=O. The van der Waals surface area contributed by atoms with Gasteiger partial charge in [0.25, 0.3) is 11.8 Å². The summed E-state index contributed by atoms with van der Waals surface area (Å²) < 4.78 is 0. The fourth-order valence-electron chi connectivity index (χ4n) is 2.27. The van der Waals surface area contributed by atoms with Crippen molar-refractivity contribution < 1.29 is 9.59 Å². The maximum absolute atomic E-state index is 12.4. The average molecular weight is 348 g/mol. The van der Waals surface area contributed by atoms with E-state index in [1.54, 1.807) is 24.3 Å². The van der Waals surface area contributed by atoms with Crippen LogP contribution >= 0.6 is 23.4 Å². The fraction of sp³-hybridized carbons (Fsp3) is 0.188. The van der Waals surface area contributed by atoms with Crippen molar-refractivity contribution in [1.82, 2.24) is 15.4 Å². The van der Waals surface area contributed by atoms with E-state index in [4.69, 9.17) is 11.6 Å². The lowest BCUT2D eigenvalue weighted by Gasteiger charge is -2.24. The highest BCUT2D eigenvalue weighted by Gasteiger charge is 2.39. The van der Waals surface area contributed by atoms with E-state index < -0.39 is 0 Å². The summed E-state index contributed by atoms with van der Waals surface area (Å²) in [6.07, 6.45) is 3.07. The Labute approximate surface area is 143 Å². The van der Waals surface area contributed by atoms with Gasteiger partial charge in [-0.05, 0) is 36.8 Å².